The average molecular weight is 495 g/mol. The van der Waals surface area contributed by atoms with E-state index in [0.29, 0.717) is 13.0 Å². The maximum Gasteiger partial charge on any atom is 0.309 e. The van der Waals surface area contributed by atoms with Gasteiger partial charge in [0.2, 0.25) is 0 Å². The van der Waals surface area contributed by atoms with E-state index in [-0.39, 0.29) is 12.4 Å². The zero-order chi connectivity index (χ0) is 25.8. The molecule has 0 aliphatic heterocycles. The summed E-state index contributed by atoms with van der Waals surface area (Å²) in [5, 5.41) is 9.02. The van der Waals surface area contributed by atoms with Gasteiger partial charge in [0.25, 0.3) is 0 Å². The Kier molecular flexibility index (Phi) is 26.2. The number of carboxylic acids is 1. The summed E-state index contributed by atoms with van der Waals surface area (Å²) >= 11 is 0. The smallest absolute Gasteiger partial charge is 0.309 e. The zero-order valence-electron chi connectivity index (χ0n) is 23.4. The van der Waals surface area contributed by atoms with Crippen molar-refractivity contribution in [1.82, 2.24) is 0 Å². The molecule has 0 rings (SSSR count). The Hall–Kier alpha value is -1.32. The number of allylic oxidation sites excluding steroid dienone is 2. The van der Waals surface area contributed by atoms with Crippen LogP contribution in [0.1, 0.15) is 162 Å². The number of hydrogen-bond donors (Lipinski definition) is 1. The Morgan fingerprint density at radius 3 is 1.49 bits per heavy atom. The van der Waals surface area contributed by atoms with Gasteiger partial charge in [-0.1, -0.05) is 129 Å². The van der Waals surface area contributed by atoms with Crippen molar-refractivity contribution in [3.05, 3.63) is 12.2 Å². The van der Waals surface area contributed by atoms with Gasteiger partial charge in [-0.25, -0.2) is 0 Å². The van der Waals surface area contributed by atoms with Crippen LogP contribution >= 0.6 is 0 Å². The van der Waals surface area contributed by atoms with Crippen LogP contribution in [-0.2, 0) is 14.3 Å². The molecular formula is C31H58O4. The molecule has 0 aromatic rings. The van der Waals surface area contributed by atoms with E-state index in [1.807, 2.05) is 6.92 Å². The maximum absolute atomic E-state index is 12.0. The van der Waals surface area contributed by atoms with Crippen molar-refractivity contribution in [3.63, 3.8) is 0 Å². The van der Waals surface area contributed by atoms with E-state index < -0.39 is 11.9 Å². The van der Waals surface area contributed by atoms with Crippen molar-refractivity contribution in [2.45, 2.75) is 162 Å². The topological polar surface area (TPSA) is 63.6 Å². The first kappa shape index (κ1) is 33.7. The SMILES string of the molecule is CCCCCCCCCCCCCC/C=C/CCCCCCCCC(CC(=O)O)C(=O)OCCC. The summed E-state index contributed by atoms with van der Waals surface area (Å²) in [6.45, 7) is 4.60. The molecule has 1 atom stereocenters. The van der Waals surface area contributed by atoms with Gasteiger partial charge >= 0.3 is 11.9 Å². The lowest BCUT2D eigenvalue weighted by molar-refractivity contribution is -0.153. The molecule has 1 N–H and O–H groups in total. The Balaban J connectivity index is 3.43. The fourth-order valence-electron chi connectivity index (χ4n) is 4.53. The molecule has 0 aromatic heterocycles. The quantitative estimate of drug-likeness (QED) is 0.0701. The van der Waals surface area contributed by atoms with Crippen LogP contribution in [0.4, 0.5) is 0 Å². The van der Waals surface area contributed by atoms with Crippen molar-refractivity contribution in [3.8, 4) is 0 Å². The standard InChI is InChI=1S/C31H58O4/c1-3-5-6-7-8-9-10-11-12-13-14-15-16-17-18-19-20-21-22-23-24-25-26-29(28-30(32)33)31(34)35-27-4-2/h17-18,29H,3-16,19-28H2,1-2H3,(H,32,33)/b18-17+. The molecule has 0 saturated heterocycles. The Morgan fingerprint density at radius 2 is 1.06 bits per heavy atom. The summed E-state index contributed by atoms with van der Waals surface area (Å²) < 4.78 is 5.15. The lowest BCUT2D eigenvalue weighted by Crippen LogP contribution is -2.21. The van der Waals surface area contributed by atoms with E-state index >= 15 is 0 Å². The summed E-state index contributed by atoms with van der Waals surface area (Å²) in [6, 6.07) is 0. The van der Waals surface area contributed by atoms with Crippen LogP contribution in [0.3, 0.4) is 0 Å². The molecule has 4 heteroatoms. The molecule has 0 radical (unpaired) electrons. The van der Waals surface area contributed by atoms with E-state index in [1.54, 1.807) is 0 Å². The Morgan fingerprint density at radius 1 is 0.629 bits per heavy atom. The van der Waals surface area contributed by atoms with Gasteiger partial charge in [0.1, 0.15) is 0 Å². The fraction of sp³-hybridized carbons (Fsp3) is 0.871. The summed E-state index contributed by atoms with van der Waals surface area (Å²) in [5.41, 5.74) is 0. The van der Waals surface area contributed by atoms with E-state index in [0.717, 1.165) is 25.7 Å². The average Bonchev–Trinajstić information content (AvgIpc) is 2.84. The van der Waals surface area contributed by atoms with Crippen LogP contribution in [-0.4, -0.2) is 23.7 Å². The van der Waals surface area contributed by atoms with Gasteiger partial charge in [-0.2, -0.15) is 0 Å². The van der Waals surface area contributed by atoms with Gasteiger partial charge in [0.05, 0.1) is 18.9 Å². The largest absolute Gasteiger partial charge is 0.481 e. The Labute approximate surface area is 217 Å². The number of unbranched alkanes of at least 4 members (excludes halogenated alkanes) is 18. The number of carbonyl (C=O) groups excluding carboxylic acids is 1. The molecule has 0 heterocycles. The number of rotatable bonds is 27. The molecule has 1 unspecified atom stereocenters. The van der Waals surface area contributed by atoms with Gasteiger partial charge in [-0.3, -0.25) is 9.59 Å². The molecule has 0 amide bonds. The normalized spacial score (nSPS) is 12.3. The predicted octanol–water partition coefficient (Wildman–Crippen LogP) is 9.80. The summed E-state index contributed by atoms with van der Waals surface area (Å²) in [6.07, 6.45) is 32.2. The third kappa shape index (κ3) is 25.6. The molecule has 0 fully saturated rings. The predicted molar refractivity (Wildman–Crippen MR) is 149 cm³/mol. The Bertz CT molecular complexity index is 500. The van der Waals surface area contributed by atoms with Gasteiger partial charge in [-0.15, -0.1) is 0 Å². The third-order valence-corrected chi connectivity index (χ3v) is 6.77. The highest BCUT2D eigenvalue weighted by atomic mass is 16.5. The van der Waals surface area contributed by atoms with Crippen LogP contribution in [0, 0.1) is 5.92 Å². The van der Waals surface area contributed by atoms with Gasteiger partial charge in [0, 0.05) is 0 Å². The van der Waals surface area contributed by atoms with Crippen LogP contribution in [0.5, 0.6) is 0 Å². The first-order valence-electron chi connectivity index (χ1n) is 15.1. The number of aliphatic carboxylic acids is 1. The van der Waals surface area contributed by atoms with Crippen molar-refractivity contribution in [2.75, 3.05) is 6.61 Å². The fourth-order valence-corrected chi connectivity index (χ4v) is 4.53. The molecular weight excluding hydrogens is 436 g/mol. The highest BCUT2D eigenvalue weighted by Crippen LogP contribution is 2.18. The van der Waals surface area contributed by atoms with Crippen LogP contribution in [0.15, 0.2) is 12.2 Å². The second-order valence-corrected chi connectivity index (χ2v) is 10.3. The number of carboxylic acid groups (broad SMARTS) is 1. The van der Waals surface area contributed by atoms with E-state index in [9.17, 15) is 9.59 Å². The highest BCUT2D eigenvalue weighted by Gasteiger charge is 2.22. The van der Waals surface area contributed by atoms with Crippen molar-refractivity contribution in [1.29, 1.82) is 0 Å². The molecule has 0 saturated carbocycles. The minimum absolute atomic E-state index is 0.117. The number of hydrogen-bond acceptors (Lipinski definition) is 3. The lowest BCUT2D eigenvalue weighted by Gasteiger charge is -2.13. The summed E-state index contributed by atoms with van der Waals surface area (Å²) in [7, 11) is 0. The van der Waals surface area contributed by atoms with E-state index in [4.69, 9.17) is 9.84 Å². The first-order chi connectivity index (χ1) is 17.1. The van der Waals surface area contributed by atoms with Crippen LogP contribution < -0.4 is 0 Å². The van der Waals surface area contributed by atoms with Crippen molar-refractivity contribution in [2.24, 2.45) is 5.92 Å². The van der Waals surface area contributed by atoms with Gasteiger partial charge in [-0.05, 0) is 38.5 Å². The molecule has 206 valence electrons. The molecule has 0 aliphatic rings. The van der Waals surface area contributed by atoms with Gasteiger partial charge < -0.3 is 9.84 Å². The number of ether oxygens (including phenoxy) is 1. The highest BCUT2D eigenvalue weighted by molar-refractivity contribution is 5.79. The summed E-state index contributed by atoms with van der Waals surface area (Å²) in [4.78, 5) is 23.0. The molecule has 0 aromatic carbocycles. The lowest BCUT2D eigenvalue weighted by atomic mass is 9.97. The first-order valence-corrected chi connectivity index (χ1v) is 15.1. The molecule has 0 spiro atoms. The van der Waals surface area contributed by atoms with Crippen molar-refractivity contribution < 1.29 is 19.4 Å². The second-order valence-electron chi connectivity index (χ2n) is 10.3. The van der Waals surface area contributed by atoms with E-state index in [2.05, 4.69) is 19.1 Å². The summed E-state index contributed by atoms with van der Waals surface area (Å²) in [5.74, 6) is -1.76. The third-order valence-electron chi connectivity index (χ3n) is 6.77. The molecule has 35 heavy (non-hydrogen) atoms. The molecule has 0 bridgehead atoms. The van der Waals surface area contributed by atoms with Crippen LogP contribution in [0.2, 0.25) is 0 Å². The minimum atomic E-state index is -0.921. The van der Waals surface area contributed by atoms with Gasteiger partial charge in [0.15, 0.2) is 0 Å². The van der Waals surface area contributed by atoms with Crippen LogP contribution in [0.25, 0.3) is 0 Å². The van der Waals surface area contributed by atoms with Crippen molar-refractivity contribution >= 4 is 11.9 Å². The van der Waals surface area contributed by atoms with E-state index in [1.165, 1.54) is 109 Å². The zero-order valence-corrected chi connectivity index (χ0v) is 23.4. The number of esters is 1. The molecule has 4 nitrogen and oxygen atoms in total. The maximum atomic E-state index is 12.0. The monoisotopic (exact) mass is 494 g/mol. The second kappa shape index (κ2) is 27.3. The molecule has 0 aliphatic carbocycles. The minimum Gasteiger partial charge on any atom is -0.481 e. The number of carbonyl (C=O) groups is 2.